The molecule has 0 radical (unpaired) electrons. The predicted molar refractivity (Wildman–Crippen MR) is 112 cm³/mol. The number of hydrogen-bond donors (Lipinski definition) is 2. The summed E-state index contributed by atoms with van der Waals surface area (Å²) in [6.07, 6.45) is -4.60. The molecule has 1 heterocycles. The second-order valence-corrected chi connectivity index (χ2v) is 9.86. The molecule has 0 aliphatic carbocycles. The molecule has 0 bridgehead atoms. The van der Waals surface area contributed by atoms with Gasteiger partial charge in [-0.25, -0.2) is 8.42 Å². The van der Waals surface area contributed by atoms with Crippen molar-refractivity contribution in [3.8, 4) is 0 Å². The van der Waals surface area contributed by atoms with Crippen LogP contribution in [0.3, 0.4) is 0 Å². The lowest BCUT2D eigenvalue weighted by molar-refractivity contribution is -0.139. The van der Waals surface area contributed by atoms with Crippen LogP contribution in [0.4, 0.5) is 13.2 Å². The number of sulfonamides is 1. The fraction of sp³-hybridized carbons (Fsp3) is 0.409. The highest BCUT2D eigenvalue weighted by molar-refractivity contribution is 7.89. The first-order valence-electron chi connectivity index (χ1n) is 10.2. The van der Waals surface area contributed by atoms with Crippen LogP contribution in [-0.2, 0) is 16.2 Å². The molecule has 2 aromatic rings. The highest BCUT2D eigenvalue weighted by Gasteiger charge is 2.34. The van der Waals surface area contributed by atoms with Crippen molar-refractivity contribution < 1.29 is 31.5 Å². The molecule has 3 rings (SSSR count). The van der Waals surface area contributed by atoms with Crippen molar-refractivity contribution in [2.24, 2.45) is 5.92 Å². The third-order valence-corrected chi connectivity index (χ3v) is 7.49. The second kappa shape index (κ2) is 9.60. The molecule has 1 fully saturated rings. The van der Waals surface area contributed by atoms with Gasteiger partial charge in [-0.05, 0) is 54.7 Å². The molecule has 1 amide bonds. The van der Waals surface area contributed by atoms with Crippen molar-refractivity contribution in [3.63, 3.8) is 0 Å². The highest BCUT2D eigenvalue weighted by Crippen LogP contribution is 2.34. The summed E-state index contributed by atoms with van der Waals surface area (Å²) in [7, 11) is -3.65. The largest absolute Gasteiger partial charge is 0.416 e. The number of carbonyl (C=O) groups excluding carboxylic acids is 1. The standard InChI is InChI=1S/C22H25F3N2O4S/c1-15-10-12-27(13-11-15)32(30,31)17-8-6-16(7-9-17)21(29)26-14-20(28)18-4-2-3-5-19(18)22(23,24)25/h2-9,15,20,28H,10-14H2,1H3,(H,26,29). The number of aliphatic hydroxyl groups excluding tert-OH is 1. The zero-order valence-corrected chi connectivity index (χ0v) is 18.3. The number of halogens is 3. The van der Waals surface area contributed by atoms with Crippen molar-refractivity contribution >= 4 is 15.9 Å². The lowest BCUT2D eigenvalue weighted by atomic mass is 10.0. The van der Waals surface area contributed by atoms with Crippen LogP contribution in [0.5, 0.6) is 0 Å². The first kappa shape index (κ1) is 24.2. The maximum absolute atomic E-state index is 13.1. The van der Waals surface area contributed by atoms with Crippen LogP contribution in [0, 0.1) is 5.92 Å². The summed E-state index contributed by atoms with van der Waals surface area (Å²) in [6.45, 7) is 2.54. The zero-order chi connectivity index (χ0) is 23.5. The van der Waals surface area contributed by atoms with Gasteiger partial charge in [0.05, 0.1) is 16.6 Å². The molecule has 1 unspecified atom stereocenters. The molecule has 0 saturated carbocycles. The van der Waals surface area contributed by atoms with Crippen LogP contribution in [0.2, 0.25) is 0 Å². The van der Waals surface area contributed by atoms with Gasteiger partial charge in [0.2, 0.25) is 10.0 Å². The lowest BCUT2D eigenvalue weighted by Gasteiger charge is -2.29. The van der Waals surface area contributed by atoms with Crippen molar-refractivity contribution in [1.29, 1.82) is 0 Å². The van der Waals surface area contributed by atoms with E-state index in [-0.39, 0.29) is 16.0 Å². The minimum absolute atomic E-state index is 0.0720. The summed E-state index contributed by atoms with van der Waals surface area (Å²) in [5, 5.41) is 12.6. The summed E-state index contributed by atoms with van der Waals surface area (Å²) < 4.78 is 66.3. The quantitative estimate of drug-likeness (QED) is 0.676. The van der Waals surface area contributed by atoms with E-state index in [0.29, 0.717) is 19.0 Å². The van der Waals surface area contributed by atoms with E-state index in [0.717, 1.165) is 25.0 Å². The van der Waals surface area contributed by atoms with Gasteiger partial charge in [0.25, 0.3) is 5.91 Å². The number of hydrogen-bond acceptors (Lipinski definition) is 4. The molecule has 2 N–H and O–H groups in total. The summed E-state index contributed by atoms with van der Waals surface area (Å²) in [4.78, 5) is 12.4. The molecule has 2 aromatic carbocycles. The van der Waals surface area contributed by atoms with Gasteiger partial charge >= 0.3 is 6.18 Å². The molecule has 1 saturated heterocycles. The fourth-order valence-corrected chi connectivity index (χ4v) is 5.07. The Morgan fingerprint density at radius 3 is 2.31 bits per heavy atom. The van der Waals surface area contributed by atoms with Crippen LogP contribution in [-0.4, -0.2) is 43.4 Å². The summed E-state index contributed by atoms with van der Waals surface area (Å²) in [6, 6.07) is 9.95. The monoisotopic (exact) mass is 470 g/mol. The van der Waals surface area contributed by atoms with Crippen LogP contribution in [0.25, 0.3) is 0 Å². The van der Waals surface area contributed by atoms with Gasteiger partial charge < -0.3 is 10.4 Å². The number of nitrogens with one attached hydrogen (secondary N) is 1. The highest BCUT2D eigenvalue weighted by atomic mass is 32.2. The number of aliphatic hydroxyl groups is 1. The number of rotatable bonds is 6. The van der Waals surface area contributed by atoms with Crippen LogP contribution < -0.4 is 5.32 Å². The van der Waals surface area contributed by atoms with Crippen molar-refractivity contribution in [3.05, 3.63) is 65.2 Å². The van der Waals surface area contributed by atoms with E-state index in [1.165, 1.54) is 40.7 Å². The number of piperidine rings is 1. The van der Waals surface area contributed by atoms with Crippen molar-refractivity contribution in [1.82, 2.24) is 9.62 Å². The van der Waals surface area contributed by atoms with E-state index in [1.54, 1.807) is 0 Å². The molecule has 1 aliphatic heterocycles. The van der Waals surface area contributed by atoms with Crippen LogP contribution in [0.1, 0.15) is 47.4 Å². The van der Waals surface area contributed by atoms with E-state index >= 15 is 0 Å². The smallest absolute Gasteiger partial charge is 0.387 e. The Bertz CT molecular complexity index is 1050. The molecule has 10 heteroatoms. The fourth-order valence-electron chi connectivity index (χ4n) is 3.60. The Morgan fingerprint density at radius 1 is 1.12 bits per heavy atom. The molecule has 174 valence electrons. The van der Waals surface area contributed by atoms with E-state index in [4.69, 9.17) is 0 Å². The van der Waals surface area contributed by atoms with E-state index in [2.05, 4.69) is 12.2 Å². The van der Waals surface area contributed by atoms with Crippen LogP contribution in [0.15, 0.2) is 53.4 Å². The summed E-state index contributed by atoms with van der Waals surface area (Å²) in [5.74, 6) is -0.157. The first-order valence-corrected chi connectivity index (χ1v) is 11.7. The maximum Gasteiger partial charge on any atom is 0.416 e. The molecule has 1 atom stereocenters. The number of benzene rings is 2. The molecule has 0 spiro atoms. The minimum Gasteiger partial charge on any atom is -0.387 e. The molecule has 6 nitrogen and oxygen atoms in total. The molecule has 32 heavy (non-hydrogen) atoms. The van der Waals surface area contributed by atoms with Crippen molar-refractivity contribution in [2.75, 3.05) is 19.6 Å². The number of alkyl halides is 3. The van der Waals surface area contributed by atoms with E-state index in [1.807, 2.05) is 0 Å². The number of carbonyl (C=O) groups is 1. The summed E-state index contributed by atoms with van der Waals surface area (Å²) in [5.41, 5.74) is -1.17. The van der Waals surface area contributed by atoms with Gasteiger partial charge in [0.1, 0.15) is 0 Å². The Hall–Kier alpha value is -2.43. The average Bonchev–Trinajstić information content (AvgIpc) is 2.77. The predicted octanol–water partition coefficient (Wildman–Crippen LogP) is 3.59. The molecule has 1 aliphatic rings. The molecular weight excluding hydrogens is 445 g/mol. The van der Waals surface area contributed by atoms with E-state index < -0.39 is 40.3 Å². The van der Waals surface area contributed by atoms with E-state index in [9.17, 15) is 31.5 Å². The number of amides is 1. The Labute approximate surface area is 185 Å². The van der Waals surface area contributed by atoms with Gasteiger partial charge in [-0.2, -0.15) is 17.5 Å². The topological polar surface area (TPSA) is 86.7 Å². The lowest BCUT2D eigenvalue weighted by Crippen LogP contribution is -2.37. The zero-order valence-electron chi connectivity index (χ0n) is 17.5. The molecule has 0 aromatic heterocycles. The maximum atomic E-state index is 13.1. The van der Waals surface area contributed by atoms with Gasteiger partial charge in [0, 0.05) is 25.2 Å². The SMILES string of the molecule is CC1CCN(S(=O)(=O)c2ccc(C(=O)NCC(O)c3ccccc3C(F)(F)F)cc2)CC1. The van der Waals surface area contributed by atoms with Gasteiger partial charge in [0.15, 0.2) is 0 Å². The van der Waals surface area contributed by atoms with Crippen LogP contribution >= 0.6 is 0 Å². The Morgan fingerprint density at radius 2 is 1.72 bits per heavy atom. The second-order valence-electron chi connectivity index (χ2n) is 7.92. The Kier molecular flexibility index (Phi) is 7.26. The summed E-state index contributed by atoms with van der Waals surface area (Å²) >= 11 is 0. The van der Waals surface area contributed by atoms with Gasteiger partial charge in [-0.1, -0.05) is 25.1 Å². The average molecular weight is 471 g/mol. The third-order valence-electron chi connectivity index (χ3n) is 5.58. The number of nitrogens with zero attached hydrogens (tertiary/aromatic N) is 1. The van der Waals surface area contributed by atoms with Crippen molar-refractivity contribution in [2.45, 2.75) is 36.9 Å². The molecular formula is C22H25F3N2O4S. The first-order chi connectivity index (χ1) is 15.0. The van der Waals surface area contributed by atoms with Gasteiger partial charge in [-0.3, -0.25) is 4.79 Å². The normalized spacial score (nSPS) is 17.2. The van der Waals surface area contributed by atoms with Gasteiger partial charge in [-0.15, -0.1) is 0 Å². The third kappa shape index (κ3) is 5.48. The minimum atomic E-state index is -4.63. The Balaban J connectivity index is 1.64.